The van der Waals surface area contributed by atoms with Crippen molar-refractivity contribution in [3.8, 4) is 0 Å². The highest BCUT2D eigenvalue weighted by Gasteiger charge is 2.55. The first kappa shape index (κ1) is 27.8. The van der Waals surface area contributed by atoms with E-state index in [1.807, 2.05) is 0 Å². The molecular weight excluding hydrogens is 535 g/mol. The summed E-state index contributed by atoms with van der Waals surface area (Å²) in [6, 6.07) is 4.81. The number of benzene rings is 2. The molecule has 4 rings (SSSR count). The minimum absolute atomic E-state index is 0.000980. The monoisotopic (exact) mass is 561 g/mol. The maximum Gasteiger partial charge on any atom is 0.255 e. The predicted octanol–water partition coefficient (Wildman–Crippen LogP) is 4.10. The van der Waals surface area contributed by atoms with Gasteiger partial charge in [0.15, 0.2) is 27.3 Å². The molecule has 1 amide bonds. The van der Waals surface area contributed by atoms with E-state index in [1.165, 1.54) is 12.1 Å². The van der Waals surface area contributed by atoms with Crippen LogP contribution >= 0.6 is 11.6 Å². The third kappa shape index (κ3) is 5.51. The van der Waals surface area contributed by atoms with Crippen LogP contribution in [-0.4, -0.2) is 54.7 Å². The van der Waals surface area contributed by atoms with Crippen LogP contribution in [0.1, 0.15) is 43.0 Å². The van der Waals surface area contributed by atoms with Gasteiger partial charge in [0.05, 0.1) is 40.1 Å². The largest absolute Gasteiger partial charge is 0.391 e. The van der Waals surface area contributed by atoms with E-state index >= 15 is 0 Å². The molecule has 0 saturated heterocycles. The Morgan fingerprint density at radius 1 is 1.16 bits per heavy atom. The number of rotatable bonds is 8. The molecule has 0 radical (unpaired) electrons. The highest BCUT2D eigenvalue weighted by atomic mass is 35.5. The number of aliphatic hydroxyl groups excluding tert-OH is 1. The average molecular weight is 562 g/mol. The Balaban J connectivity index is 1.53. The van der Waals surface area contributed by atoms with Gasteiger partial charge in [-0.3, -0.25) is 4.79 Å². The number of anilines is 1. The van der Waals surface area contributed by atoms with E-state index in [0.717, 1.165) is 6.07 Å². The third-order valence-corrected chi connectivity index (χ3v) is 9.90. The lowest BCUT2D eigenvalue weighted by Gasteiger charge is -2.42. The van der Waals surface area contributed by atoms with Crippen LogP contribution in [0.5, 0.6) is 0 Å². The predicted molar refractivity (Wildman–Crippen MR) is 130 cm³/mol. The van der Waals surface area contributed by atoms with Crippen LogP contribution < -0.4 is 5.32 Å². The lowest BCUT2D eigenvalue weighted by atomic mass is 9.75. The minimum Gasteiger partial charge on any atom is -0.391 e. The van der Waals surface area contributed by atoms with Crippen LogP contribution in [0, 0.1) is 29.3 Å². The number of amides is 1. The van der Waals surface area contributed by atoms with Crippen LogP contribution in [0.15, 0.2) is 35.2 Å². The second-order valence-corrected chi connectivity index (χ2v) is 12.4. The molecule has 2 aromatic carbocycles. The van der Waals surface area contributed by atoms with E-state index in [4.69, 9.17) is 16.3 Å². The first-order valence-electron chi connectivity index (χ1n) is 11.8. The van der Waals surface area contributed by atoms with Gasteiger partial charge in [-0.25, -0.2) is 21.6 Å². The van der Waals surface area contributed by atoms with Crippen LogP contribution in [0.3, 0.4) is 0 Å². The van der Waals surface area contributed by atoms with Gasteiger partial charge in [0.25, 0.3) is 5.91 Å². The van der Waals surface area contributed by atoms with Crippen LogP contribution in [-0.2, 0) is 14.6 Å². The van der Waals surface area contributed by atoms with E-state index < -0.39 is 50.2 Å². The molecule has 2 aliphatic carbocycles. The molecule has 7 nitrogen and oxygen atoms in total. The molecule has 202 valence electrons. The highest BCUT2D eigenvalue weighted by molar-refractivity contribution is 7.92. The van der Waals surface area contributed by atoms with E-state index in [2.05, 4.69) is 5.32 Å². The number of hydrogen-bond donors (Lipinski definition) is 3. The van der Waals surface area contributed by atoms with Crippen molar-refractivity contribution in [3.05, 3.63) is 58.4 Å². The SMILES string of the molecule is C[C@H](O)COCC1(O)C2CC[C@H]1CC(S(=O)(=O)c1cc(C(=O)Nc3cc(F)c(F)c(F)c3)ccc1Cl)C2. The molecule has 12 heteroatoms. The van der Waals surface area contributed by atoms with Gasteiger partial charge in [0, 0.05) is 23.4 Å². The zero-order valence-electron chi connectivity index (χ0n) is 19.9. The van der Waals surface area contributed by atoms with Crippen molar-refractivity contribution in [2.24, 2.45) is 11.8 Å². The topological polar surface area (TPSA) is 113 Å². The van der Waals surface area contributed by atoms with Crippen molar-refractivity contribution in [3.63, 3.8) is 0 Å². The number of ether oxygens (including phenoxy) is 1. The number of carbonyl (C=O) groups is 1. The standard InChI is InChI=1S/C25H27ClF3NO6S/c1-13(31)11-36-12-25(33)15-3-4-16(25)8-18(7-15)37(34,35)22-6-14(2-5-19(22)26)24(32)30-17-9-20(27)23(29)21(28)10-17/h2,5-6,9-10,13,15-16,18,31,33H,3-4,7-8,11-12H2,1H3,(H,30,32)/t13-,15-,16?,18?,25?/m0/s1. The minimum atomic E-state index is -4.02. The molecule has 37 heavy (non-hydrogen) atoms. The Bertz CT molecular complexity index is 1270. The number of carbonyl (C=O) groups excluding carboxylic acids is 1. The van der Waals surface area contributed by atoms with Gasteiger partial charge in [0.1, 0.15) is 0 Å². The highest BCUT2D eigenvalue weighted by Crippen LogP contribution is 2.52. The van der Waals surface area contributed by atoms with Crippen molar-refractivity contribution in [1.29, 1.82) is 0 Å². The van der Waals surface area contributed by atoms with Gasteiger partial charge in [-0.2, -0.15) is 0 Å². The average Bonchev–Trinajstić information content (AvgIpc) is 2.98. The van der Waals surface area contributed by atoms with E-state index in [1.54, 1.807) is 6.92 Å². The molecule has 2 bridgehead atoms. The van der Waals surface area contributed by atoms with Crippen LogP contribution in [0.2, 0.25) is 5.02 Å². The maximum absolute atomic E-state index is 13.6. The van der Waals surface area contributed by atoms with Crippen LogP contribution in [0.25, 0.3) is 0 Å². The summed E-state index contributed by atoms with van der Waals surface area (Å²) in [6.45, 7) is 1.63. The molecule has 2 fully saturated rings. The summed E-state index contributed by atoms with van der Waals surface area (Å²) in [5.41, 5.74) is -1.66. The number of nitrogens with one attached hydrogen (secondary N) is 1. The zero-order chi connectivity index (χ0) is 27.1. The zero-order valence-corrected chi connectivity index (χ0v) is 21.5. The number of halogens is 4. The molecule has 2 saturated carbocycles. The summed E-state index contributed by atoms with van der Waals surface area (Å²) in [7, 11) is -4.02. The molecule has 3 unspecified atom stereocenters. The quantitative estimate of drug-likeness (QED) is 0.418. The second-order valence-electron chi connectivity index (χ2n) is 9.82. The molecule has 0 aliphatic heterocycles. The maximum atomic E-state index is 13.6. The molecule has 2 aromatic rings. The Kier molecular flexibility index (Phi) is 7.92. The van der Waals surface area contributed by atoms with Gasteiger partial charge in [-0.1, -0.05) is 11.6 Å². The van der Waals surface area contributed by atoms with Gasteiger partial charge in [0.2, 0.25) is 0 Å². The Labute approximate surface area is 217 Å². The van der Waals surface area contributed by atoms with Gasteiger partial charge < -0.3 is 20.3 Å². The summed E-state index contributed by atoms with van der Waals surface area (Å²) in [4.78, 5) is 12.4. The number of hydrogen-bond acceptors (Lipinski definition) is 6. The Morgan fingerprint density at radius 3 is 2.32 bits per heavy atom. The number of fused-ring (bicyclic) bond motifs is 2. The number of sulfone groups is 1. The molecule has 3 N–H and O–H groups in total. The fourth-order valence-electron chi connectivity index (χ4n) is 5.37. The number of aliphatic hydroxyl groups is 2. The van der Waals surface area contributed by atoms with E-state index in [9.17, 15) is 36.6 Å². The lowest BCUT2D eigenvalue weighted by Crippen LogP contribution is -2.51. The summed E-state index contributed by atoms with van der Waals surface area (Å²) in [5.74, 6) is -6.18. The lowest BCUT2D eigenvalue weighted by molar-refractivity contribution is -0.121. The molecule has 0 aromatic heterocycles. The van der Waals surface area contributed by atoms with Crippen molar-refractivity contribution < 1.29 is 41.3 Å². The molecule has 2 aliphatic rings. The van der Waals surface area contributed by atoms with Crippen molar-refractivity contribution in [2.75, 3.05) is 18.5 Å². The van der Waals surface area contributed by atoms with E-state index in [-0.39, 0.29) is 59.1 Å². The van der Waals surface area contributed by atoms with Crippen LogP contribution in [0.4, 0.5) is 18.9 Å². The van der Waals surface area contributed by atoms with Gasteiger partial charge in [-0.15, -0.1) is 0 Å². The van der Waals surface area contributed by atoms with Crippen molar-refractivity contribution >= 4 is 33.0 Å². The third-order valence-electron chi connectivity index (χ3n) is 7.25. The molecular formula is C25H27ClF3NO6S. The van der Waals surface area contributed by atoms with E-state index in [0.29, 0.717) is 25.0 Å². The Morgan fingerprint density at radius 2 is 1.76 bits per heavy atom. The summed E-state index contributed by atoms with van der Waals surface area (Å²) < 4.78 is 72.9. The normalized spacial score (nSPS) is 26.2. The fraction of sp³-hybridized carbons (Fsp3) is 0.480. The van der Waals surface area contributed by atoms with Crippen molar-refractivity contribution in [1.82, 2.24) is 0 Å². The van der Waals surface area contributed by atoms with Crippen molar-refractivity contribution in [2.45, 2.75) is 54.5 Å². The molecule has 0 spiro atoms. The first-order chi connectivity index (χ1) is 17.3. The fourth-order valence-corrected chi connectivity index (χ4v) is 7.77. The smallest absolute Gasteiger partial charge is 0.255 e. The molecule has 5 atom stereocenters. The summed E-state index contributed by atoms with van der Waals surface area (Å²) in [6.07, 6.45) is 0.923. The summed E-state index contributed by atoms with van der Waals surface area (Å²) >= 11 is 6.22. The summed E-state index contributed by atoms with van der Waals surface area (Å²) in [5, 5.41) is 21.9. The molecule has 0 heterocycles. The first-order valence-corrected chi connectivity index (χ1v) is 13.7. The van der Waals surface area contributed by atoms with Gasteiger partial charge in [-0.05, 0) is 62.6 Å². The Hall–Kier alpha value is -2.18. The second kappa shape index (κ2) is 10.5. The van der Waals surface area contributed by atoms with Gasteiger partial charge >= 0.3 is 0 Å².